The van der Waals surface area contributed by atoms with Crippen LogP contribution < -0.4 is 5.32 Å². The topological polar surface area (TPSA) is 104 Å². The summed E-state index contributed by atoms with van der Waals surface area (Å²) in [4.78, 5) is 23.3. The van der Waals surface area contributed by atoms with Crippen LogP contribution in [0.15, 0.2) is 0 Å². The van der Waals surface area contributed by atoms with Gasteiger partial charge in [0.05, 0.1) is 6.26 Å². The molecule has 1 saturated heterocycles. The highest BCUT2D eigenvalue weighted by molar-refractivity contribution is 7.88. The number of nitrogens with zero attached hydrogens (tertiary/aromatic N) is 1. The Hall–Kier alpha value is -1.15. The van der Waals surface area contributed by atoms with Crippen LogP contribution in [0.1, 0.15) is 33.1 Å². The molecule has 1 unspecified atom stereocenters. The average molecular weight is 320 g/mol. The van der Waals surface area contributed by atoms with E-state index in [1.54, 1.807) is 6.92 Å². The maximum absolute atomic E-state index is 12.1. The van der Waals surface area contributed by atoms with E-state index in [1.165, 1.54) is 4.31 Å². The van der Waals surface area contributed by atoms with E-state index in [0.29, 0.717) is 32.4 Å². The third kappa shape index (κ3) is 4.96. The number of carboxylic acid groups (broad SMARTS) is 1. The first-order chi connectivity index (χ1) is 9.66. The molecule has 0 aromatic heterocycles. The van der Waals surface area contributed by atoms with Crippen LogP contribution in [0.2, 0.25) is 0 Å². The van der Waals surface area contributed by atoms with Crippen LogP contribution in [0.4, 0.5) is 0 Å². The monoisotopic (exact) mass is 320 g/mol. The number of aliphatic carboxylic acids is 1. The number of sulfonamides is 1. The first-order valence-corrected chi connectivity index (χ1v) is 9.00. The maximum Gasteiger partial charge on any atom is 0.326 e. The summed E-state index contributed by atoms with van der Waals surface area (Å²) in [6.45, 7) is 4.26. The summed E-state index contributed by atoms with van der Waals surface area (Å²) < 4.78 is 24.2. The molecule has 0 radical (unpaired) electrons. The minimum Gasteiger partial charge on any atom is -0.480 e. The van der Waals surface area contributed by atoms with E-state index in [0.717, 1.165) is 6.26 Å². The van der Waals surface area contributed by atoms with Crippen molar-refractivity contribution in [2.24, 2.45) is 11.8 Å². The molecule has 1 aliphatic rings. The number of piperidine rings is 1. The Labute approximate surface area is 125 Å². The lowest BCUT2D eigenvalue weighted by Crippen LogP contribution is -2.49. The van der Waals surface area contributed by atoms with Gasteiger partial charge >= 0.3 is 5.97 Å². The van der Waals surface area contributed by atoms with Gasteiger partial charge in [-0.1, -0.05) is 20.3 Å². The van der Waals surface area contributed by atoms with Crippen molar-refractivity contribution >= 4 is 21.9 Å². The summed E-state index contributed by atoms with van der Waals surface area (Å²) in [7, 11) is -3.22. The highest BCUT2D eigenvalue weighted by atomic mass is 32.2. The van der Waals surface area contributed by atoms with Gasteiger partial charge in [0.25, 0.3) is 0 Å². The van der Waals surface area contributed by atoms with Crippen LogP contribution in [-0.4, -0.2) is 55.1 Å². The van der Waals surface area contributed by atoms with Crippen LogP contribution in [0.5, 0.6) is 0 Å². The fourth-order valence-corrected chi connectivity index (χ4v) is 3.28. The molecule has 8 heteroatoms. The second kappa shape index (κ2) is 7.22. The molecule has 1 rings (SSSR count). The van der Waals surface area contributed by atoms with Crippen molar-refractivity contribution in [3.05, 3.63) is 0 Å². The van der Waals surface area contributed by atoms with Gasteiger partial charge in [0.1, 0.15) is 6.04 Å². The van der Waals surface area contributed by atoms with E-state index < -0.39 is 22.0 Å². The summed E-state index contributed by atoms with van der Waals surface area (Å²) >= 11 is 0. The third-order valence-electron chi connectivity index (χ3n) is 4.07. The van der Waals surface area contributed by atoms with Gasteiger partial charge in [0.15, 0.2) is 0 Å². The Balaban J connectivity index is 2.59. The number of hydrogen-bond acceptors (Lipinski definition) is 4. The SMILES string of the molecule is CCC(C)[C@H](NC(=O)C1CCN(S(C)(=O)=O)CC1)C(=O)O. The number of carbonyl (C=O) groups excluding carboxylic acids is 1. The van der Waals surface area contributed by atoms with Gasteiger partial charge in [-0.05, 0) is 18.8 Å². The predicted octanol–water partition coefficient (Wildman–Crippen LogP) is 0.274. The molecule has 1 heterocycles. The van der Waals surface area contributed by atoms with E-state index in [4.69, 9.17) is 5.11 Å². The zero-order valence-corrected chi connectivity index (χ0v) is 13.5. The van der Waals surface area contributed by atoms with Gasteiger partial charge in [-0.2, -0.15) is 0 Å². The second-order valence-corrected chi connectivity index (χ2v) is 7.63. The van der Waals surface area contributed by atoms with Crippen molar-refractivity contribution < 1.29 is 23.1 Å². The van der Waals surface area contributed by atoms with Gasteiger partial charge in [-0.15, -0.1) is 0 Å². The molecule has 0 saturated carbocycles. The van der Waals surface area contributed by atoms with E-state index in [1.807, 2.05) is 6.92 Å². The lowest BCUT2D eigenvalue weighted by atomic mass is 9.94. The maximum atomic E-state index is 12.1. The number of carboxylic acids is 1. The van der Waals surface area contributed by atoms with E-state index in [-0.39, 0.29) is 17.7 Å². The molecular weight excluding hydrogens is 296 g/mol. The van der Waals surface area contributed by atoms with Crippen molar-refractivity contribution in [1.29, 1.82) is 0 Å². The molecule has 2 N–H and O–H groups in total. The summed E-state index contributed by atoms with van der Waals surface area (Å²) in [6.07, 6.45) is 2.65. The van der Waals surface area contributed by atoms with Crippen molar-refractivity contribution in [1.82, 2.24) is 9.62 Å². The first-order valence-electron chi connectivity index (χ1n) is 7.15. The molecule has 1 amide bonds. The lowest BCUT2D eigenvalue weighted by Gasteiger charge is -2.30. The summed E-state index contributed by atoms with van der Waals surface area (Å²) in [5, 5.41) is 11.8. The molecule has 2 atom stereocenters. The van der Waals surface area contributed by atoms with Gasteiger partial charge < -0.3 is 10.4 Å². The van der Waals surface area contributed by atoms with Crippen LogP contribution in [0, 0.1) is 11.8 Å². The molecular formula is C13H24N2O5S. The summed E-state index contributed by atoms with van der Waals surface area (Å²) in [5.41, 5.74) is 0. The summed E-state index contributed by atoms with van der Waals surface area (Å²) in [5.74, 6) is -1.81. The molecule has 0 spiro atoms. The second-order valence-electron chi connectivity index (χ2n) is 5.65. The standard InChI is InChI=1S/C13H24N2O5S/c1-4-9(2)11(13(17)18)14-12(16)10-5-7-15(8-6-10)21(3,19)20/h9-11H,4-8H2,1-3H3,(H,14,16)(H,17,18)/t9?,11-/m0/s1. The number of amides is 1. The Morgan fingerprint density at radius 3 is 2.24 bits per heavy atom. The molecule has 0 aromatic carbocycles. The fraction of sp³-hybridized carbons (Fsp3) is 0.846. The van der Waals surface area contributed by atoms with Gasteiger partial charge in [-0.3, -0.25) is 4.79 Å². The quantitative estimate of drug-likeness (QED) is 0.731. The highest BCUT2D eigenvalue weighted by Gasteiger charge is 2.32. The van der Waals surface area contributed by atoms with Crippen LogP contribution >= 0.6 is 0 Å². The largest absolute Gasteiger partial charge is 0.480 e. The molecule has 7 nitrogen and oxygen atoms in total. The Morgan fingerprint density at radius 2 is 1.86 bits per heavy atom. The van der Waals surface area contributed by atoms with Crippen molar-refractivity contribution in [3.63, 3.8) is 0 Å². The Morgan fingerprint density at radius 1 is 1.33 bits per heavy atom. The lowest BCUT2D eigenvalue weighted by molar-refractivity contribution is -0.144. The number of rotatable bonds is 6. The Kier molecular flexibility index (Phi) is 6.15. The van der Waals surface area contributed by atoms with E-state index in [9.17, 15) is 18.0 Å². The van der Waals surface area contributed by atoms with Gasteiger partial charge in [-0.25, -0.2) is 17.5 Å². The minimum absolute atomic E-state index is 0.150. The smallest absolute Gasteiger partial charge is 0.326 e. The van der Waals surface area contributed by atoms with E-state index >= 15 is 0 Å². The van der Waals surface area contributed by atoms with Crippen LogP contribution in [-0.2, 0) is 19.6 Å². The zero-order chi connectivity index (χ0) is 16.2. The van der Waals surface area contributed by atoms with Crippen molar-refractivity contribution in [3.8, 4) is 0 Å². The normalized spacial score (nSPS) is 20.7. The number of carbonyl (C=O) groups is 2. The van der Waals surface area contributed by atoms with Crippen LogP contribution in [0.25, 0.3) is 0 Å². The molecule has 122 valence electrons. The molecule has 0 aromatic rings. The minimum atomic E-state index is -3.22. The van der Waals surface area contributed by atoms with Gasteiger partial charge in [0, 0.05) is 19.0 Å². The Bertz CT molecular complexity index is 483. The number of hydrogen-bond donors (Lipinski definition) is 2. The third-order valence-corrected chi connectivity index (χ3v) is 5.37. The molecule has 1 fully saturated rings. The fourth-order valence-electron chi connectivity index (χ4n) is 2.40. The first kappa shape index (κ1) is 17.9. The van der Waals surface area contributed by atoms with Gasteiger partial charge in [0.2, 0.25) is 15.9 Å². The molecule has 0 aliphatic carbocycles. The molecule has 0 bridgehead atoms. The molecule has 21 heavy (non-hydrogen) atoms. The average Bonchev–Trinajstić information content (AvgIpc) is 2.42. The predicted molar refractivity (Wildman–Crippen MR) is 78.2 cm³/mol. The van der Waals surface area contributed by atoms with E-state index in [2.05, 4.69) is 5.32 Å². The molecule has 1 aliphatic heterocycles. The highest BCUT2D eigenvalue weighted by Crippen LogP contribution is 2.20. The van der Waals surface area contributed by atoms with Crippen molar-refractivity contribution in [2.75, 3.05) is 19.3 Å². The summed E-state index contributed by atoms with van der Waals surface area (Å²) in [6, 6.07) is -0.893. The number of nitrogens with one attached hydrogen (secondary N) is 1. The van der Waals surface area contributed by atoms with Crippen molar-refractivity contribution in [2.45, 2.75) is 39.2 Å². The zero-order valence-electron chi connectivity index (χ0n) is 12.7. The van der Waals surface area contributed by atoms with Crippen LogP contribution in [0.3, 0.4) is 0 Å².